The van der Waals surface area contributed by atoms with Crippen molar-refractivity contribution in [1.82, 2.24) is 0 Å². The molecule has 0 aromatic rings. The van der Waals surface area contributed by atoms with Gasteiger partial charge in [0.2, 0.25) is 0 Å². The van der Waals surface area contributed by atoms with Crippen molar-refractivity contribution in [3.8, 4) is 0 Å². The summed E-state index contributed by atoms with van der Waals surface area (Å²) in [5, 5.41) is 0. The van der Waals surface area contributed by atoms with Gasteiger partial charge in [0.1, 0.15) is 0 Å². The van der Waals surface area contributed by atoms with Crippen molar-refractivity contribution in [3.63, 3.8) is 0 Å². The molecule has 0 bridgehead atoms. The Morgan fingerprint density at radius 2 is 0.692 bits per heavy atom. The smallest absolute Gasteiger partial charge is 0.343 e. The Labute approximate surface area is 102 Å². The van der Waals surface area contributed by atoms with Crippen LogP contribution >= 0.6 is 0 Å². The quantitative estimate of drug-likeness (QED) is 0.469. The summed E-state index contributed by atoms with van der Waals surface area (Å²) in [6, 6.07) is 0. The van der Waals surface area contributed by atoms with Crippen LogP contribution < -0.4 is 0 Å². The van der Waals surface area contributed by atoms with Crippen LogP contribution in [0.4, 0.5) is 0 Å². The Morgan fingerprint density at radius 1 is 0.615 bits per heavy atom. The van der Waals surface area contributed by atoms with Crippen LogP contribution in [0.15, 0.2) is 0 Å². The zero-order chi connectivity index (χ0) is 10.2. The second kappa shape index (κ2) is 38.7. The summed E-state index contributed by atoms with van der Waals surface area (Å²) in [6.45, 7) is 17.2. The minimum atomic E-state index is 0. The van der Waals surface area contributed by atoms with Crippen LogP contribution in [0, 0.1) is 20.8 Å². The van der Waals surface area contributed by atoms with Gasteiger partial charge in [0.15, 0.2) is 0 Å². The summed E-state index contributed by atoms with van der Waals surface area (Å²) in [6.07, 6.45) is 6.83. The summed E-state index contributed by atoms with van der Waals surface area (Å²) in [5.41, 5.74) is 0. The molecule has 0 N–H and O–H groups in total. The fraction of sp³-hybridized carbons (Fsp3) is 0.750. The Balaban J connectivity index is -0.0000000450. The van der Waals surface area contributed by atoms with Crippen molar-refractivity contribution in [3.05, 3.63) is 20.8 Å². The zero-order valence-corrected chi connectivity index (χ0v) is 11.4. The largest absolute Gasteiger partial charge is 4.00 e. The normalized spacial score (nSPS) is 6.92. The van der Waals surface area contributed by atoms with Crippen molar-refractivity contribution in [2.45, 2.75) is 59.3 Å². The van der Waals surface area contributed by atoms with E-state index < -0.39 is 0 Å². The van der Waals surface area contributed by atoms with Crippen molar-refractivity contribution >= 4 is 0 Å². The van der Waals surface area contributed by atoms with Crippen molar-refractivity contribution in [2.24, 2.45) is 0 Å². The van der Waals surface area contributed by atoms with Crippen LogP contribution in [0.3, 0.4) is 0 Å². The van der Waals surface area contributed by atoms with E-state index >= 15 is 0 Å². The van der Waals surface area contributed by atoms with Gasteiger partial charge in [0.25, 0.3) is 0 Å². The topological polar surface area (TPSA) is 0 Å². The monoisotopic (exact) mass is 219 g/mol. The van der Waals surface area contributed by atoms with Gasteiger partial charge in [-0.25, -0.2) is 0 Å². The van der Waals surface area contributed by atoms with Crippen LogP contribution in [0.5, 0.6) is 0 Å². The van der Waals surface area contributed by atoms with E-state index in [0.717, 1.165) is 19.3 Å². The predicted octanol–water partition coefficient (Wildman–Crippen LogP) is 4.86. The zero-order valence-electron chi connectivity index (χ0n) is 9.86. The van der Waals surface area contributed by atoms with Gasteiger partial charge in [-0.1, -0.05) is 40.0 Å². The van der Waals surface area contributed by atoms with Crippen LogP contribution in [0.25, 0.3) is 0 Å². The Bertz CT molecular complexity index is 20.6. The van der Waals surface area contributed by atoms with Crippen LogP contribution in [0.2, 0.25) is 0 Å². The SMILES string of the molecule is [CH2-]CCC.[CH2-]CCC.[CH2-]CCC.[Ti+4]. The van der Waals surface area contributed by atoms with E-state index in [4.69, 9.17) is 0 Å². The predicted molar refractivity (Wildman–Crippen MR) is 60.8 cm³/mol. The molecule has 0 aromatic carbocycles. The molecule has 0 aliphatic rings. The standard InChI is InChI=1S/3C4H9.Ti/c3*1-3-4-2;/h3*1,3-4H2,2H3;/q3*-1;+4. The molecule has 0 saturated heterocycles. The molecular weight excluding hydrogens is 192 g/mol. The van der Waals surface area contributed by atoms with E-state index in [9.17, 15) is 0 Å². The summed E-state index contributed by atoms with van der Waals surface area (Å²) in [4.78, 5) is 0. The molecule has 0 fully saturated rings. The Morgan fingerprint density at radius 3 is 0.692 bits per heavy atom. The molecule has 0 rings (SSSR count). The Kier molecular flexibility index (Phi) is 69.9. The molecule has 1 heteroatoms. The van der Waals surface area contributed by atoms with Gasteiger partial charge < -0.3 is 20.8 Å². The van der Waals surface area contributed by atoms with Gasteiger partial charge in [0.05, 0.1) is 0 Å². The summed E-state index contributed by atoms with van der Waals surface area (Å²) in [5.74, 6) is 0. The maximum atomic E-state index is 3.60. The molecular formula is C12H27Ti+. The first-order valence-electron chi connectivity index (χ1n) is 5.12. The van der Waals surface area contributed by atoms with Crippen molar-refractivity contribution in [2.75, 3.05) is 0 Å². The number of hydrogen-bond acceptors (Lipinski definition) is 0. The van der Waals surface area contributed by atoms with Gasteiger partial charge in [0, 0.05) is 0 Å². The third-order valence-electron chi connectivity index (χ3n) is 1.06. The average Bonchev–Trinajstić information content (AvgIpc) is 2.18. The van der Waals surface area contributed by atoms with Gasteiger partial charge in [-0.2, -0.15) is 19.3 Å². The van der Waals surface area contributed by atoms with E-state index in [1.165, 1.54) is 19.3 Å². The van der Waals surface area contributed by atoms with Crippen molar-refractivity contribution < 1.29 is 21.7 Å². The maximum absolute atomic E-state index is 3.60. The second-order valence-electron chi connectivity index (χ2n) is 2.56. The molecule has 0 unspecified atom stereocenters. The molecule has 0 spiro atoms. The molecule has 0 aliphatic heterocycles. The average molecular weight is 219 g/mol. The molecule has 0 nitrogen and oxygen atoms in total. The van der Waals surface area contributed by atoms with E-state index in [1.54, 1.807) is 0 Å². The van der Waals surface area contributed by atoms with Gasteiger partial charge in [-0.3, -0.25) is 0 Å². The first-order chi connectivity index (χ1) is 5.74. The summed E-state index contributed by atoms with van der Waals surface area (Å²) < 4.78 is 0. The van der Waals surface area contributed by atoms with Gasteiger partial charge in [-0.15, -0.1) is 0 Å². The van der Waals surface area contributed by atoms with Crippen molar-refractivity contribution in [1.29, 1.82) is 0 Å². The third kappa shape index (κ3) is 106. The first kappa shape index (κ1) is 23.5. The first-order valence-corrected chi connectivity index (χ1v) is 5.12. The van der Waals surface area contributed by atoms with E-state index in [2.05, 4.69) is 41.5 Å². The van der Waals surface area contributed by atoms with Crippen LogP contribution in [-0.2, 0) is 21.7 Å². The maximum Gasteiger partial charge on any atom is 4.00 e. The fourth-order valence-corrected chi connectivity index (χ4v) is 0. The molecule has 0 aromatic heterocycles. The number of rotatable bonds is 3. The molecule has 13 heavy (non-hydrogen) atoms. The second-order valence-corrected chi connectivity index (χ2v) is 2.56. The summed E-state index contributed by atoms with van der Waals surface area (Å²) >= 11 is 0. The number of unbranched alkanes of at least 4 members (excludes halogenated alkanes) is 3. The third-order valence-corrected chi connectivity index (χ3v) is 1.06. The Hall–Kier alpha value is 0.714. The molecule has 0 atom stereocenters. The van der Waals surface area contributed by atoms with E-state index in [0.29, 0.717) is 0 Å². The van der Waals surface area contributed by atoms with Crippen LogP contribution in [-0.4, -0.2) is 0 Å². The minimum absolute atomic E-state index is 0. The molecule has 78 valence electrons. The van der Waals surface area contributed by atoms with E-state index in [-0.39, 0.29) is 21.7 Å². The molecule has 0 heterocycles. The van der Waals surface area contributed by atoms with E-state index in [1.807, 2.05) is 0 Å². The van der Waals surface area contributed by atoms with Crippen LogP contribution in [0.1, 0.15) is 59.3 Å². The fourth-order valence-electron chi connectivity index (χ4n) is 0. The molecule has 0 saturated carbocycles. The minimum Gasteiger partial charge on any atom is -0.343 e. The summed E-state index contributed by atoms with van der Waals surface area (Å²) in [7, 11) is 0. The van der Waals surface area contributed by atoms with Gasteiger partial charge in [-0.05, 0) is 0 Å². The molecule has 0 amide bonds. The molecule has 0 aliphatic carbocycles. The molecule has 0 radical (unpaired) electrons. The number of hydrogen-bond donors (Lipinski definition) is 0. The van der Waals surface area contributed by atoms with Gasteiger partial charge >= 0.3 is 21.7 Å².